The van der Waals surface area contributed by atoms with Crippen LogP contribution in [0.25, 0.3) is 22.3 Å². The number of fused-ring (bicyclic) bond motifs is 6. The molecule has 0 radical (unpaired) electrons. The van der Waals surface area contributed by atoms with Crippen LogP contribution in [0.4, 0.5) is 54.4 Å². The summed E-state index contributed by atoms with van der Waals surface area (Å²) in [5.41, 5.74) is 53.6. The van der Waals surface area contributed by atoms with Crippen molar-refractivity contribution in [3.8, 4) is 34.4 Å². The van der Waals surface area contributed by atoms with Gasteiger partial charge in [-0.15, -0.1) is 0 Å². The zero-order chi connectivity index (χ0) is 76.1. The van der Waals surface area contributed by atoms with Crippen molar-refractivity contribution in [2.45, 2.75) is 185 Å². The third-order valence-corrected chi connectivity index (χ3v) is 23.9. The average Bonchev–Trinajstić information content (AvgIpc) is 0.702. The van der Waals surface area contributed by atoms with Crippen molar-refractivity contribution in [2.75, 3.05) is 15.1 Å². The third-order valence-electron chi connectivity index (χ3n) is 23.8. The normalized spacial score (nSPS) is 12.0. The van der Waals surface area contributed by atoms with Crippen molar-refractivity contribution in [1.29, 1.82) is 10.5 Å². The Hall–Kier alpha value is -4.81. The van der Waals surface area contributed by atoms with Crippen LogP contribution in [-0.4, -0.2) is 73.1 Å². The molecule has 2 aromatic heterocycles. The maximum absolute atomic E-state index is 13.4. The SMILES string of the molecule is Cc1c(C)c(C)c2c(c1C)Cc1c(C)c(C)c(C)c(C)c1N2.Cc1c(C)c(C)c2c(c1C)Cc1c(C)c(C)c(C)c(C)c1N2c1nccc(-c2cccc(C#N)c2)c1N1c2c(C)c(C)c(C)c(C)c2Cc2c(C)c(C)c(C)c(C)c21.N#Cc1cccc(-c2ccnc(F)c2F)c1.O=[P+]([O-])O[O-].[K+].[K][K]. The van der Waals surface area contributed by atoms with E-state index in [0.717, 1.165) is 41.9 Å². The molecule has 520 valence electrons. The summed E-state index contributed by atoms with van der Waals surface area (Å²) in [5.74, 6) is -1.24. The maximum atomic E-state index is 13.4. The zero-order valence-corrected chi connectivity index (χ0v) is 76.3. The number of pyridine rings is 2. The van der Waals surface area contributed by atoms with E-state index in [1.165, 1.54) is 283 Å². The first-order chi connectivity index (χ1) is 48.7. The molecular weight excluding hydrogens is 1390 g/mol. The molecule has 0 aliphatic carbocycles. The van der Waals surface area contributed by atoms with Crippen molar-refractivity contribution >= 4 is 117 Å². The number of hydrogen-bond acceptors (Lipinski definition) is 11. The standard InChI is InChI=1S/C54H58N4.C21H27N.C12H6F2N2.3K.HO4P/c1-26-30(5)38(13)49-45(34(26)9)23-46-35(10)27(2)31(6)39(14)50(46)57(49)53-44(43-19-17-18-42(22-43)25-55)20-21-56-54(53)58-51-40(15)32(7)28(3)36(11)47(51)24-48-37(12)29(4)33(8)41(16)52(48)58;1-10-12(3)16(7)20-18(14(10)5)9-19-15(6)11(2)13(4)17(8)21(19)22-20;13-11-10(4-5-16-12(11)14)9-3-1-2-8(6-9)7-15;;;;1-4-5(2)3/h17-22H,23-24H2,1-16H3;22H,9H2,1-8H3;1-6H;;;;1H/q;;;;;+1;/p-1. The summed E-state index contributed by atoms with van der Waals surface area (Å²) >= 11 is 2.50. The van der Waals surface area contributed by atoms with E-state index >= 15 is 0 Å². The van der Waals surface area contributed by atoms with Crippen LogP contribution in [0.3, 0.4) is 0 Å². The predicted octanol–water partition coefficient (Wildman–Crippen LogP) is 17.5. The Morgan fingerprint density at radius 1 is 0.423 bits per heavy atom. The minimum atomic E-state index is -3.15. The van der Waals surface area contributed by atoms with Gasteiger partial charge in [0.25, 0.3) is 0 Å². The van der Waals surface area contributed by atoms with Gasteiger partial charge in [0.1, 0.15) is 0 Å². The molecule has 3 aliphatic heterocycles. The van der Waals surface area contributed by atoms with Crippen LogP contribution in [0.1, 0.15) is 178 Å². The van der Waals surface area contributed by atoms with Gasteiger partial charge in [-0.2, -0.15) is 14.9 Å². The van der Waals surface area contributed by atoms with Crippen LogP contribution < -0.4 is 76.7 Å². The van der Waals surface area contributed by atoms with Gasteiger partial charge in [-0.1, -0.05) is 24.3 Å². The number of aromatic nitrogens is 2. The molecule has 0 amide bonds. The first kappa shape index (κ1) is 84.8. The number of hydrogen-bond donors (Lipinski definition) is 1. The van der Waals surface area contributed by atoms with Gasteiger partial charge in [0, 0.05) is 54.2 Å². The van der Waals surface area contributed by atoms with Crippen LogP contribution in [0.2, 0.25) is 0 Å². The molecule has 17 heteroatoms. The second kappa shape index (κ2) is 34.8. The van der Waals surface area contributed by atoms with Crippen LogP contribution in [-0.2, 0) is 28.5 Å². The Morgan fingerprint density at radius 2 is 0.712 bits per heavy atom. The predicted molar refractivity (Wildman–Crippen MR) is 417 cm³/mol. The van der Waals surface area contributed by atoms with Crippen molar-refractivity contribution in [1.82, 2.24) is 9.97 Å². The Kier molecular flexibility index (Phi) is 28.4. The van der Waals surface area contributed by atoms with Gasteiger partial charge in [-0.05, 0) is 385 Å². The molecule has 11 nitrogen and oxygen atoms in total. The van der Waals surface area contributed by atoms with Gasteiger partial charge < -0.3 is 20.4 Å². The first-order valence-electron chi connectivity index (χ1n) is 35.4. The Bertz CT molecular complexity index is 5010. The molecule has 0 fully saturated rings. The van der Waals surface area contributed by atoms with Gasteiger partial charge in [-0.25, -0.2) is 19.0 Å². The van der Waals surface area contributed by atoms with Crippen molar-refractivity contribution in [3.05, 3.63) is 263 Å². The second-order valence-electron chi connectivity index (χ2n) is 28.0. The number of rotatable bonds is 5. The molecule has 0 spiro atoms. The molecule has 0 saturated heterocycles. The fraction of sp³-hybridized carbons (Fsp3) is 0.310. The molecule has 3 aliphatic rings. The van der Waals surface area contributed by atoms with E-state index in [4.69, 9.17) is 25.0 Å². The molecule has 0 bridgehead atoms. The summed E-state index contributed by atoms with van der Waals surface area (Å²) in [7, 11) is -3.15. The van der Waals surface area contributed by atoms with Crippen molar-refractivity contribution in [3.63, 3.8) is 0 Å². The second-order valence-corrected chi connectivity index (χ2v) is 28.6. The minimum absolute atomic E-state index is 0. The molecule has 1 atom stereocenters. The fourth-order valence-electron chi connectivity index (χ4n) is 15.6. The first-order valence-corrected chi connectivity index (χ1v) is 52.4. The van der Waals surface area contributed by atoms with E-state index < -0.39 is 20.0 Å². The van der Waals surface area contributed by atoms with E-state index in [2.05, 4.69) is 215 Å². The number of nitrogens with one attached hydrogen (secondary N) is 1. The van der Waals surface area contributed by atoms with Crippen LogP contribution in [0, 0.1) is 201 Å². The van der Waals surface area contributed by atoms with Crippen molar-refractivity contribution in [2.24, 2.45) is 0 Å². The van der Waals surface area contributed by atoms with E-state index in [9.17, 15) is 14.0 Å². The summed E-state index contributed by atoms with van der Waals surface area (Å²) in [6, 6.07) is 22.4. The summed E-state index contributed by atoms with van der Waals surface area (Å²) in [6.45, 7) is 54.9. The topological polar surface area (TPSA) is 164 Å². The number of nitriles is 2. The molecule has 13 rings (SSSR count). The fourth-order valence-corrected chi connectivity index (χ4v) is 15.6. The van der Waals surface area contributed by atoms with Gasteiger partial charge in [0.05, 0.1) is 51.7 Å². The van der Waals surface area contributed by atoms with Gasteiger partial charge in [0.15, 0.2) is 11.6 Å². The molecule has 1 unspecified atom stereocenters. The number of benzene rings is 8. The Balaban J connectivity index is 0.000000240. The zero-order valence-electron chi connectivity index (χ0n) is 66.1. The molecule has 104 heavy (non-hydrogen) atoms. The molecule has 0 saturated carbocycles. The Morgan fingerprint density at radius 3 is 1.06 bits per heavy atom. The van der Waals surface area contributed by atoms with Crippen LogP contribution in [0.5, 0.6) is 0 Å². The van der Waals surface area contributed by atoms with Gasteiger partial charge in [-0.3, -0.25) is 4.90 Å². The third kappa shape index (κ3) is 15.5. The Labute approximate surface area is 704 Å². The van der Waals surface area contributed by atoms with Gasteiger partial charge in [0.2, 0.25) is 5.95 Å². The number of anilines is 8. The summed E-state index contributed by atoms with van der Waals surface area (Å²) < 4.78 is 37.6. The van der Waals surface area contributed by atoms with E-state index in [-0.39, 0.29) is 56.9 Å². The average molecular weight is 1480 g/mol. The molecule has 5 heterocycles. The van der Waals surface area contributed by atoms with Crippen LogP contribution >= 0.6 is 8.25 Å². The van der Waals surface area contributed by atoms with Crippen molar-refractivity contribution < 1.29 is 79.6 Å². The molecule has 1 N–H and O–H groups in total. The van der Waals surface area contributed by atoms with Gasteiger partial charge >= 0.3 is 123 Å². The van der Waals surface area contributed by atoms with E-state index in [1.807, 2.05) is 24.4 Å². The summed E-state index contributed by atoms with van der Waals surface area (Å²) in [5, 5.41) is 31.3. The summed E-state index contributed by atoms with van der Waals surface area (Å²) in [6.07, 6.45) is 5.99. The summed E-state index contributed by atoms with van der Waals surface area (Å²) in [4.78, 5) is 22.9. The molecule has 8 aromatic carbocycles. The van der Waals surface area contributed by atoms with E-state index in [1.54, 1.807) is 18.2 Å². The molecule has 10 aromatic rings. The van der Waals surface area contributed by atoms with Crippen LogP contribution in [0.15, 0.2) is 73.1 Å². The monoisotopic (exact) mass is 1480 g/mol. The molecular formula is C87H91F2K3N7O4P. The quantitative estimate of drug-likeness (QED) is 0.0573. The number of nitrogens with zero attached hydrogens (tertiary/aromatic N) is 6. The van der Waals surface area contributed by atoms with E-state index in [0.29, 0.717) is 16.7 Å². The number of halogens is 2.